The summed E-state index contributed by atoms with van der Waals surface area (Å²) < 4.78 is 52.5. The number of alkyl halides is 3. The van der Waals surface area contributed by atoms with Gasteiger partial charge in [-0.3, -0.25) is 9.69 Å². The molecular weight excluding hydrogens is 410 g/mol. The lowest BCUT2D eigenvalue weighted by Crippen LogP contribution is -2.38. The van der Waals surface area contributed by atoms with Crippen molar-refractivity contribution in [3.63, 3.8) is 0 Å². The standard InChI is InChI=1S/C23H27F4N3O/c24-20-14-18(13-19(15-20)23(25,26)27)17-7-11-30(12-8-17)10-6-16-1-3-21(4-2-16)29-22(31)5-9-28/h7,13-16,21H,1-6,8,10-12H2,(H,29,31). The topological polar surface area (TPSA) is 56.1 Å². The van der Waals surface area contributed by atoms with Crippen LogP contribution in [0.2, 0.25) is 0 Å². The minimum atomic E-state index is -4.56. The van der Waals surface area contributed by atoms with Crippen molar-refractivity contribution < 1.29 is 22.4 Å². The van der Waals surface area contributed by atoms with Crippen molar-refractivity contribution in [2.45, 2.75) is 57.2 Å². The van der Waals surface area contributed by atoms with E-state index in [1.807, 2.05) is 12.1 Å². The molecule has 3 rings (SSSR count). The predicted molar refractivity (Wildman–Crippen MR) is 109 cm³/mol. The largest absolute Gasteiger partial charge is 0.416 e. The molecular formula is C23H27F4N3O. The lowest BCUT2D eigenvalue weighted by atomic mass is 9.84. The van der Waals surface area contributed by atoms with Crippen LogP contribution in [0.25, 0.3) is 5.57 Å². The van der Waals surface area contributed by atoms with Gasteiger partial charge >= 0.3 is 6.18 Å². The normalized spacial score (nSPS) is 22.5. The quantitative estimate of drug-likeness (QED) is 0.644. The zero-order valence-corrected chi connectivity index (χ0v) is 17.3. The van der Waals surface area contributed by atoms with Crippen molar-refractivity contribution in [3.8, 4) is 6.07 Å². The maximum absolute atomic E-state index is 13.7. The van der Waals surface area contributed by atoms with Crippen molar-refractivity contribution in [3.05, 3.63) is 41.2 Å². The number of rotatable bonds is 6. The van der Waals surface area contributed by atoms with E-state index in [-0.39, 0.29) is 18.4 Å². The maximum Gasteiger partial charge on any atom is 0.416 e. The van der Waals surface area contributed by atoms with Crippen LogP contribution in [0, 0.1) is 23.1 Å². The Hall–Kier alpha value is -2.40. The van der Waals surface area contributed by atoms with Gasteiger partial charge in [0.1, 0.15) is 12.2 Å². The van der Waals surface area contributed by atoms with Gasteiger partial charge in [-0.1, -0.05) is 6.08 Å². The van der Waals surface area contributed by atoms with E-state index in [9.17, 15) is 22.4 Å². The van der Waals surface area contributed by atoms with Crippen molar-refractivity contribution in [2.24, 2.45) is 5.92 Å². The first-order valence-electron chi connectivity index (χ1n) is 10.7. The van der Waals surface area contributed by atoms with Crippen LogP contribution in [0.5, 0.6) is 0 Å². The van der Waals surface area contributed by atoms with Gasteiger partial charge < -0.3 is 5.32 Å². The third kappa shape index (κ3) is 6.79. The Balaban J connectivity index is 1.45. The molecule has 0 aromatic heterocycles. The van der Waals surface area contributed by atoms with Crippen LogP contribution in [0.4, 0.5) is 17.6 Å². The van der Waals surface area contributed by atoms with Gasteiger partial charge in [-0.05, 0) is 80.3 Å². The van der Waals surface area contributed by atoms with Crippen LogP contribution < -0.4 is 5.32 Å². The van der Waals surface area contributed by atoms with E-state index >= 15 is 0 Å². The Labute approximate surface area is 179 Å². The summed E-state index contributed by atoms with van der Waals surface area (Å²) in [4.78, 5) is 13.8. The fourth-order valence-electron chi connectivity index (χ4n) is 4.43. The van der Waals surface area contributed by atoms with Gasteiger partial charge in [0.2, 0.25) is 5.91 Å². The number of halogens is 4. The number of carbonyl (C=O) groups is 1. The number of nitrogens with one attached hydrogen (secondary N) is 1. The molecule has 2 aliphatic rings. The molecule has 31 heavy (non-hydrogen) atoms. The summed E-state index contributed by atoms with van der Waals surface area (Å²) in [5, 5.41) is 11.5. The van der Waals surface area contributed by atoms with Gasteiger partial charge in [0.15, 0.2) is 0 Å². The van der Waals surface area contributed by atoms with Gasteiger partial charge in [0.25, 0.3) is 0 Å². The molecule has 0 unspecified atom stereocenters. The summed E-state index contributed by atoms with van der Waals surface area (Å²) in [6, 6.07) is 4.74. The number of benzene rings is 1. The van der Waals surface area contributed by atoms with Crippen LogP contribution in [0.3, 0.4) is 0 Å². The number of carbonyl (C=O) groups excluding carboxylic acids is 1. The number of hydrogen-bond donors (Lipinski definition) is 1. The van der Waals surface area contributed by atoms with Crippen LogP contribution in [0.1, 0.15) is 56.1 Å². The smallest absolute Gasteiger partial charge is 0.352 e. The van der Waals surface area contributed by atoms with Crippen molar-refractivity contribution in [1.29, 1.82) is 5.26 Å². The average molecular weight is 437 g/mol. The summed E-state index contributed by atoms with van der Waals surface area (Å²) in [6.45, 7) is 2.30. The van der Waals surface area contributed by atoms with Gasteiger partial charge in [0, 0.05) is 19.1 Å². The number of hydrogen-bond acceptors (Lipinski definition) is 3. The molecule has 0 saturated heterocycles. The monoisotopic (exact) mass is 437 g/mol. The van der Waals surface area contributed by atoms with Gasteiger partial charge in [0.05, 0.1) is 11.6 Å². The van der Waals surface area contributed by atoms with Crippen LogP contribution >= 0.6 is 0 Å². The highest BCUT2D eigenvalue weighted by Gasteiger charge is 2.32. The van der Waals surface area contributed by atoms with Gasteiger partial charge in [-0.25, -0.2) is 4.39 Å². The molecule has 1 aliphatic carbocycles. The first kappa shape index (κ1) is 23.3. The number of amides is 1. The van der Waals surface area contributed by atoms with Gasteiger partial charge in [-0.15, -0.1) is 0 Å². The van der Waals surface area contributed by atoms with E-state index in [2.05, 4.69) is 10.2 Å². The molecule has 1 fully saturated rings. The molecule has 0 bridgehead atoms. The lowest BCUT2D eigenvalue weighted by Gasteiger charge is -2.32. The Morgan fingerprint density at radius 1 is 1.19 bits per heavy atom. The molecule has 1 N–H and O–H groups in total. The maximum atomic E-state index is 13.7. The Kier molecular flexibility index (Phi) is 7.71. The second-order valence-corrected chi connectivity index (χ2v) is 8.42. The van der Waals surface area contributed by atoms with Crippen molar-refractivity contribution in [1.82, 2.24) is 10.2 Å². The zero-order chi connectivity index (χ0) is 22.4. The van der Waals surface area contributed by atoms with Crippen LogP contribution in [-0.2, 0) is 11.0 Å². The molecule has 1 amide bonds. The fraction of sp³-hybridized carbons (Fsp3) is 0.565. The average Bonchev–Trinajstić information content (AvgIpc) is 2.73. The fourth-order valence-corrected chi connectivity index (χ4v) is 4.43. The molecule has 4 nitrogen and oxygen atoms in total. The van der Waals surface area contributed by atoms with E-state index in [1.54, 1.807) is 0 Å². The summed E-state index contributed by atoms with van der Waals surface area (Å²) in [5.74, 6) is -0.484. The highest BCUT2D eigenvalue weighted by molar-refractivity contribution is 5.78. The molecule has 0 atom stereocenters. The Morgan fingerprint density at radius 2 is 1.94 bits per heavy atom. The third-order valence-corrected chi connectivity index (χ3v) is 6.19. The van der Waals surface area contributed by atoms with Crippen molar-refractivity contribution >= 4 is 11.5 Å². The van der Waals surface area contributed by atoms with E-state index in [1.165, 1.54) is 6.07 Å². The Morgan fingerprint density at radius 3 is 2.55 bits per heavy atom. The van der Waals surface area contributed by atoms with E-state index in [0.29, 0.717) is 30.5 Å². The Bertz CT molecular complexity index is 851. The zero-order valence-electron chi connectivity index (χ0n) is 17.3. The minimum Gasteiger partial charge on any atom is -0.352 e. The molecule has 1 aliphatic heterocycles. The molecule has 168 valence electrons. The molecule has 1 saturated carbocycles. The van der Waals surface area contributed by atoms with E-state index in [4.69, 9.17) is 5.26 Å². The predicted octanol–water partition coefficient (Wildman–Crippen LogP) is 4.91. The molecule has 8 heteroatoms. The lowest BCUT2D eigenvalue weighted by molar-refractivity contribution is -0.137. The molecule has 0 radical (unpaired) electrons. The SMILES string of the molecule is N#CCC(=O)NC1CCC(CCN2CC=C(c3cc(F)cc(C(F)(F)F)c3)CC2)CC1. The van der Waals surface area contributed by atoms with E-state index < -0.39 is 17.6 Å². The van der Waals surface area contributed by atoms with Crippen molar-refractivity contribution in [2.75, 3.05) is 19.6 Å². The summed E-state index contributed by atoms with van der Waals surface area (Å²) in [7, 11) is 0. The van der Waals surface area contributed by atoms with Gasteiger partial charge in [-0.2, -0.15) is 18.4 Å². The van der Waals surface area contributed by atoms with Crippen LogP contribution in [0.15, 0.2) is 24.3 Å². The highest BCUT2D eigenvalue weighted by atomic mass is 19.4. The summed E-state index contributed by atoms with van der Waals surface area (Å²) in [6.07, 6.45) is 2.80. The second kappa shape index (κ2) is 10.3. The second-order valence-electron chi connectivity index (χ2n) is 8.42. The molecule has 0 spiro atoms. The highest BCUT2D eigenvalue weighted by Crippen LogP contribution is 2.33. The summed E-state index contributed by atoms with van der Waals surface area (Å²) in [5.41, 5.74) is 0.115. The molecule has 1 heterocycles. The summed E-state index contributed by atoms with van der Waals surface area (Å²) >= 11 is 0. The molecule has 1 aromatic carbocycles. The first-order valence-corrected chi connectivity index (χ1v) is 10.7. The number of nitrogens with zero attached hydrogens (tertiary/aromatic N) is 2. The number of nitriles is 1. The van der Waals surface area contributed by atoms with E-state index in [0.717, 1.165) is 56.8 Å². The molecule has 1 aromatic rings. The first-order chi connectivity index (χ1) is 14.7. The minimum absolute atomic E-state index is 0.0997. The van der Waals surface area contributed by atoms with Crippen LogP contribution in [-0.4, -0.2) is 36.5 Å². The third-order valence-electron chi connectivity index (χ3n) is 6.19.